The molecule has 0 aliphatic heterocycles. The number of rotatable bonds is 3. The number of urea groups is 1. The van der Waals surface area contributed by atoms with Crippen molar-refractivity contribution in [2.45, 2.75) is 13.0 Å². The summed E-state index contributed by atoms with van der Waals surface area (Å²) in [4.78, 5) is 37.8. The SMILES string of the molecule is CNC(=O)NC(=O)[C@H](C)OC(=O)c1cccnc1Cl. The zero-order chi connectivity index (χ0) is 14.4. The van der Waals surface area contributed by atoms with Gasteiger partial charge in [-0.1, -0.05) is 11.6 Å². The minimum Gasteiger partial charge on any atom is -0.449 e. The maximum atomic E-state index is 11.7. The van der Waals surface area contributed by atoms with Crippen LogP contribution in [0, 0.1) is 0 Å². The zero-order valence-electron chi connectivity index (χ0n) is 10.3. The second kappa shape index (κ2) is 6.69. The highest BCUT2D eigenvalue weighted by molar-refractivity contribution is 6.32. The lowest BCUT2D eigenvalue weighted by atomic mass is 10.3. The van der Waals surface area contributed by atoms with Crippen LogP contribution < -0.4 is 10.6 Å². The number of nitrogens with zero attached hydrogens (tertiary/aromatic N) is 1. The summed E-state index contributed by atoms with van der Waals surface area (Å²) >= 11 is 5.71. The van der Waals surface area contributed by atoms with Crippen LogP contribution in [-0.4, -0.2) is 36.0 Å². The van der Waals surface area contributed by atoms with E-state index in [1.165, 1.54) is 32.3 Å². The van der Waals surface area contributed by atoms with Gasteiger partial charge in [0.05, 0.1) is 5.56 Å². The van der Waals surface area contributed by atoms with Crippen LogP contribution in [0.25, 0.3) is 0 Å². The second-order valence-electron chi connectivity index (χ2n) is 3.46. The van der Waals surface area contributed by atoms with Crippen molar-refractivity contribution in [3.05, 3.63) is 29.0 Å². The average Bonchev–Trinajstić information content (AvgIpc) is 2.38. The van der Waals surface area contributed by atoms with E-state index in [1.807, 2.05) is 5.32 Å². The molecule has 1 atom stereocenters. The number of amides is 3. The molecule has 0 saturated heterocycles. The van der Waals surface area contributed by atoms with Crippen LogP contribution in [0.5, 0.6) is 0 Å². The molecule has 3 amide bonds. The van der Waals surface area contributed by atoms with E-state index in [9.17, 15) is 14.4 Å². The Bertz CT molecular complexity index is 506. The lowest BCUT2D eigenvalue weighted by Gasteiger charge is -2.12. The second-order valence-corrected chi connectivity index (χ2v) is 3.82. The van der Waals surface area contributed by atoms with Crippen LogP contribution in [0.4, 0.5) is 4.79 Å². The third kappa shape index (κ3) is 4.22. The van der Waals surface area contributed by atoms with E-state index >= 15 is 0 Å². The molecule has 8 heteroatoms. The molecule has 1 rings (SSSR count). The first-order chi connectivity index (χ1) is 8.95. The van der Waals surface area contributed by atoms with Crippen molar-refractivity contribution in [3.8, 4) is 0 Å². The average molecular weight is 286 g/mol. The Kier molecular flexibility index (Phi) is 5.25. The van der Waals surface area contributed by atoms with Crippen LogP contribution in [0.15, 0.2) is 18.3 Å². The molecule has 102 valence electrons. The summed E-state index contributed by atoms with van der Waals surface area (Å²) in [7, 11) is 1.36. The predicted octanol–water partition coefficient (Wildman–Crippen LogP) is 0.736. The predicted molar refractivity (Wildman–Crippen MR) is 66.7 cm³/mol. The monoisotopic (exact) mass is 285 g/mol. The van der Waals surface area contributed by atoms with Gasteiger partial charge in [-0.3, -0.25) is 10.1 Å². The molecule has 7 nitrogen and oxygen atoms in total. The number of esters is 1. The molecule has 1 heterocycles. The van der Waals surface area contributed by atoms with E-state index in [0.717, 1.165) is 0 Å². The highest BCUT2D eigenvalue weighted by Crippen LogP contribution is 2.13. The van der Waals surface area contributed by atoms with E-state index in [4.69, 9.17) is 16.3 Å². The number of pyridine rings is 1. The minimum atomic E-state index is -1.14. The third-order valence-electron chi connectivity index (χ3n) is 2.10. The van der Waals surface area contributed by atoms with Crippen molar-refractivity contribution >= 4 is 29.5 Å². The summed E-state index contributed by atoms with van der Waals surface area (Å²) in [6.45, 7) is 1.33. The molecule has 0 saturated carbocycles. The largest absolute Gasteiger partial charge is 0.449 e. The molecular weight excluding hydrogens is 274 g/mol. The van der Waals surface area contributed by atoms with Gasteiger partial charge in [-0.05, 0) is 19.1 Å². The van der Waals surface area contributed by atoms with Crippen molar-refractivity contribution in [2.75, 3.05) is 7.05 Å². The Hall–Kier alpha value is -2.15. The fourth-order valence-electron chi connectivity index (χ4n) is 1.09. The molecule has 0 radical (unpaired) electrons. The fourth-order valence-corrected chi connectivity index (χ4v) is 1.29. The topological polar surface area (TPSA) is 97.4 Å². The quantitative estimate of drug-likeness (QED) is 0.630. The standard InChI is InChI=1S/C11H12ClN3O4/c1-6(9(16)15-11(18)13-2)19-10(17)7-4-3-5-14-8(7)12/h3-6H,1-2H3,(H2,13,15,16,18)/t6-/m0/s1. The molecule has 0 aliphatic carbocycles. The number of halogens is 1. The normalized spacial score (nSPS) is 11.3. The minimum absolute atomic E-state index is 0.0218. The summed E-state index contributed by atoms with van der Waals surface area (Å²) in [6, 6.07) is 2.24. The number of carbonyl (C=O) groups excluding carboxylic acids is 3. The lowest BCUT2D eigenvalue weighted by molar-refractivity contribution is -0.127. The van der Waals surface area contributed by atoms with Gasteiger partial charge in [0, 0.05) is 13.2 Å². The van der Waals surface area contributed by atoms with Gasteiger partial charge in [0.25, 0.3) is 5.91 Å². The van der Waals surface area contributed by atoms with Gasteiger partial charge in [0.1, 0.15) is 5.15 Å². The van der Waals surface area contributed by atoms with Gasteiger partial charge in [0.2, 0.25) is 0 Å². The molecule has 1 aromatic rings. The first kappa shape index (κ1) is 14.9. The third-order valence-corrected chi connectivity index (χ3v) is 2.40. The first-order valence-corrected chi connectivity index (χ1v) is 5.67. The zero-order valence-corrected chi connectivity index (χ0v) is 11.0. The summed E-state index contributed by atoms with van der Waals surface area (Å²) < 4.78 is 4.87. The smallest absolute Gasteiger partial charge is 0.342 e. The van der Waals surface area contributed by atoms with Crippen LogP contribution in [0.3, 0.4) is 0 Å². The van der Waals surface area contributed by atoms with Gasteiger partial charge < -0.3 is 10.1 Å². The first-order valence-electron chi connectivity index (χ1n) is 5.29. The highest BCUT2D eigenvalue weighted by atomic mass is 35.5. The number of carbonyl (C=O) groups is 3. The van der Waals surface area contributed by atoms with Gasteiger partial charge in [-0.2, -0.15) is 0 Å². The molecule has 19 heavy (non-hydrogen) atoms. The van der Waals surface area contributed by atoms with Crippen molar-refractivity contribution in [1.82, 2.24) is 15.6 Å². The van der Waals surface area contributed by atoms with Crippen molar-refractivity contribution in [1.29, 1.82) is 0 Å². The number of nitrogens with one attached hydrogen (secondary N) is 2. The van der Waals surface area contributed by atoms with E-state index in [1.54, 1.807) is 0 Å². The molecule has 0 aromatic carbocycles. The number of ether oxygens (including phenoxy) is 1. The molecule has 0 fully saturated rings. The van der Waals surface area contributed by atoms with Gasteiger partial charge in [0.15, 0.2) is 6.10 Å². The Morgan fingerprint density at radius 2 is 2.11 bits per heavy atom. The Balaban J connectivity index is 2.64. The number of imide groups is 1. The Morgan fingerprint density at radius 3 is 2.68 bits per heavy atom. The summed E-state index contributed by atoms with van der Waals surface area (Å²) in [6.07, 6.45) is 0.280. The number of aromatic nitrogens is 1. The number of hydrogen-bond acceptors (Lipinski definition) is 5. The van der Waals surface area contributed by atoms with E-state index in [0.29, 0.717) is 0 Å². The Labute approximate surface area is 114 Å². The maximum absolute atomic E-state index is 11.7. The molecule has 0 unspecified atom stereocenters. The molecule has 0 aliphatic rings. The Morgan fingerprint density at radius 1 is 1.42 bits per heavy atom. The van der Waals surface area contributed by atoms with Gasteiger partial charge in [-0.15, -0.1) is 0 Å². The molecule has 2 N–H and O–H groups in total. The van der Waals surface area contributed by atoms with E-state index in [-0.39, 0.29) is 10.7 Å². The van der Waals surface area contributed by atoms with Crippen molar-refractivity contribution in [2.24, 2.45) is 0 Å². The molecule has 1 aromatic heterocycles. The molecule has 0 bridgehead atoms. The van der Waals surface area contributed by atoms with Crippen LogP contribution in [0.1, 0.15) is 17.3 Å². The van der Waals surface area contributed by atoms with Crippen LogP contribution in [0.2, 0.25) is 5.15 Å². The van der Waals surface area contributed by atoms with Gasteiger partial charge in [-0.25, -0.2) is 14.6 Å². The highest BCUT2D eigenvalue weighted by Gasteiger charge is 2.21. The van der Waals surface area contributed by atoms with Crippen LogP contribution >= 0.6 is 11.6 Å². The number of hydrogen-bond donors (Lipinski definition) is 2. The van der Waals surface area contributed by atoms with Crippen molar-refractivity contribution < 1.29 is 19.1 Å². The lowest BCUT2D eigenvalue weighted by Crippen LogP contribution is -2.43. The summed E-state index contributed by atoms with van der Waals surface area (Å²) in [5.41, 5.74) is 0.0451. The van der Waals surface area contributed by atoms with E-state index < -0.39 is 24.0 Å². The summed E-state index contributed by atoms with van der Waals surface area (Å²) in [5, 5.41) is 4.17. The van der Waals surface area contributed by atoms with Crippen molar-refractivity contribution in [3.63, 3.8) is 0 Å². The molecule has 0 spiro atoms. The van der Waals surface area contributed by atoms with E-state index in [2.05, 4.69) is 10.3 Å². The molecular formula is C11H12ClN3O4. The van der Waals surface area contributed by atoms with Gasteiger partial charge >= 0.3 is 12.0 Å². The summed E-state index contributed by atoms with van der Waals surface area (Å²) in [5.74, 6) is -1.54. The maximum Gasteiger partial charge on any atom is 0.342 e. The van der Waals surface area contributed by atoms with Crippen LogP contribution in [-0.2, 0) is 9.53 Å². The fraction of sp³-hybridized carbons (Fsp3) is 0.273.